The number of hydrogen-bond donors (Lipinski definition) is 0. The van der Waals surface area contributed by atoms with Crippen LogP contribution in [0.25, 0.3) is 0 Å². The van der Waals surface area contributed by atoms with E-state index in [0.717, 1.165) is 12.8 Å². The second-order valence-electron chi connectivity index (χ2n) is 6.09. The van der Waals surface area contributed by atoms with E-state index < -0.39 is 0 Å². The van der Waals surface area contributed by atoms with Gasteiger partial charge in [0.05, 0.1) is 0 Å². The van der Waals surface area contributed by atoms with E-state index in [0.29, 0.717) is 5.41 Å². The topological polar surface area (TPSA) is 20.3 Å². The van der Waals surface area contributed by atoms with Crippen molar-refractivity contribution in [3.63, 3.8) is 0 Å². The standard InChI is InChI=1S/C14H27NO/c1-5-14(6-2)7-9-15(10-8-14)11-13(3,4)12-16/h12H,5-11H2,1-4H3. The van der Waals surface area contributed by atoms with E-state index in [4.69, 9.17) is 0 Å². The quantitative estimate of drug-likeness (QED) is 0.670. The van der Waals surface area contributed by atoms with Gasteiger partial charge >= 0.3 is 0 Å². The highest BCUT2D eigenvalue weighted by Gasteiger charge is 2.32. The highest BCUT2D eigenvalue weighted by Crippen LogP contribution is 2.38. The molecule has 16 heavy (non-hydrogen) atoms. The molecule has 1 heterocycles. The van der Waals surface area contributed by atoms with E-state index >= 15 is 0 Å². The molecule has 1 aliphatic rings. The molecule has 0 spiro atoms. The molecule has 2 nitrogen and oxygen atoms in total. The van der Waals surface area contributed by atoms with Gasteiger partial charge in [0.2, 0.25) is 0 Å². The summed E-state index contributed by atoms with van der Waals surface area (Å²) in [6, 6.07) is 0. The van der Waals surface area contributed by atoms with Crippen LogP contribution in [0.2, 0.25) is 0 Å². The fourth-order valence-corrected chi connectivity index (χ4v) is 2.76. The number of nitrogens with zero attached hydrogens (tertiary/aromatic N) is 1. The molecule has 0 atom stereocenters. The van der Waals surface area contributed by atoms with Crippen LogP contribution in [0.15, 0.2) is 0 Å². The lowest BCUT2D eigenvalue weighted by molar-refractivity contribution is -0.115. The summed E-state index contributed by atoms with van der Waals surface area (Å²) >= 11 is 0. The number of carbonyl (C=O) groups excluding carboxylic acids is 1. The predicted octanol–water partition coefficient (Wildman–Crippen LogP) is 3.11. The average molecular weight is 225 g/mol. The lowest BCUT2D eigenvalue weighted by Gasteiger charge is -2.42. The second kappa shape index (κ2) is 5.31. The highest BCUT2D eigenvalue weighted by atomic mass is 16.1. The molecule has 0 N–H and O–H groups in total. The van der Waals surface area contributed by atoms with Gasteiger partial charge in [-0.15, -0.1) is 0 Å². The second-order valence-corrected chi connectivity index (χ2v) is 6.09. The predicted molar refractivity (Wildman–Crippen MR) is 68.5 cm³/mol. The molecule has 94 valence electrons. The Morgan fingerprint density at radius 1 is 1.19 bits per heavy atom. The summed E-state index contributed by atoms with van der Waals surface area (Å²) in [5.41, 5.74) is 0.403. The van der Waals surface area contributed by atoms with Crippen LogP contribution in [-0.4, -0.2) is 30.8 Å². The monoisotopic (exact) mass is 225 g/mol. The molecule has 1 rings (SSSR count). The number of rotatable bonds is 5. The third-order valence-electron chi connectivity index (χ3n) is 4.37. The molecule has 1 saturated heterocycles. The van der Waals surface area contributed by atoms with Gasteiger partial charge in [-0.05, 0) is 31.3 Å². The Bertz CT molecular complexity index is 221. The van der Waals surface area contributed by atoms with Gasteiger partial charge in [-0.2, -0.15) is 0 Å². The highest BCUT2D eigenvalue weighted by molar-refractivity contribution is 5.58. The van der Waals surface area contributed by atoms with Gasteiger partial charge in [0, 0.05) is 12.0 Å². The summed E-state index contributed by atoms with van der Waals surface area (Å²) < 4.78 is 0. The molecule has 0 aliphatic carbocycles. The van der Waals surface area contributed by atoms with Crippen LogP contribution in [0.1, 0.15) is 53.4 Å². The van der Waals surface area contributed by atoms with Crippen LogP contribution >= 0.6 is 0 Å². The first-order valence-corrected chi connectivity index (χ1v) is 6.66. The number of piperidine rings is 1. The first-order chi connectivity index (χ1) is 7.47. The summed E-state index contributed by atoms with van der Waals surface area (Å²) in [6.45, 7) is 11.9. The smallest absolute Gasteiger partial charge is 0.126 e. The number of likely N-dealkylation sites (tertiary alicyclic amines) is 1. The largest absolute Gasteiger partial charge is 0.303 e. The summed E-state index contributed by atoms with van der Waals surface area (Å²) in [5.74, 6) is 0. The van der Waals surface area contributed by atoms with E-state index in [2.05, 4.69) is 18.7 Å². The molecule has 0 unspecified atom stereocenters. The molecule has 0 saturated carbocycles. The van der Waals surface area contributed by atoms with Crippen molar-refractivity contribution in [2.24, 2.45) is 10.8 Å². The molecule has 0 amide bonds. The first kappa shape index (κ1) is 13.7. The third-order valence-corrected chi connectivity index (χ3v) is 4.37. The van der Waals surface area contributed by atoms with Crippen molar-refractivity contribution in [1.29, 1.82) is 0 Å². The van der Waals surface area contributed by atoms with Crippen LogP contribution in [0, 0.1) is 10.8 Å². The molecule has 1 fully saturated rings. The van der Waals surface area contributed by atoms with Crippen LogP contribution in [-0.2, 0) is 4.79 Å². The third kappa shape index (κ3) is 3.31. The molecule has 1 aliphatic heterocycles. The molecule has 0 aromatic rings. The van der Waals surface area contributed by atoms with Crippen LogP contribution in [0.3, 0.4) is 0 Å². The zero-order chi connectivity index (χ0) is 12.2. The molecular weight excluding hydrogens is 198 g/mol. The van der Waals surface area contributed by atoms with Gasteiger partial charge < -0.3 is 9.69 Å². The summed E-state index contributed by atoms with van der Waals surface area (Å²) in [7, 11) is 0. The van der Waals surface area contributed by atoms with Crippen LogP contribution in [0.4, 0.5) is 0 Å². The minimum atomic E-state index is -0.182. The summed E-state index contributed by atoms with van der Waals surface area (Å²) in [6.07, 6.45) is 6.29. The Balaban J connectivity index is 2.46. The Hall–Kier alpha value is -0.370. The van der Waals surface area contributed by atoms with Gasteiger partial charge in [-0.1, -0.05) is 40.5 Å². The van der Waals surface area contributed by atoms with Crippen molar-refractivity contribution < 1.29 is 4.79 Å². The van der Waals surface area contributed by atoms with E-state index in [1.54, 1.807) is 0 Å². The lowest BCUT2D eigenvalue weighted by atomic mass is 9.74. The average Bonchev–Trinajstić information content (AvgIpc) is 2.30. The number of hydrogen-bond acceptors (Lipinski definition) is 2. The van der Waals surface area contributed by atoms with Crippen molar-refractivity contribution in [2.75, 3.05) is 19.6 Å². The normalized spacial score (nSPS) is 22.0. The fraction of sp³-hybridized carbons (Fsp3) is 0.929. The van der Waals surface area contributed by atoms with E-state index in [1.165, 1.54) is 38.8 Å². The molecule has 2 heteroatoms. The molecule has 0 bridgehead atoms. The summed E-state index contributed by atoms with van der Waals surface area (Å²) in [5, 5.41) is 0. The Kier molecular flexibility index (Phi) is 4.54. The van der Waals surface area contributed by atoms with Crippen molar-refractivity contribution in [1.82, 2.24) is 4.90 Å². The minimum absolute atomic E-state index is 0.182. The zero-order valence-corrected chi connectivity index (χ0v) is 11.4. The van der Waals surface area contributed by atoms with Crippen molar-refractivity contribution in [3.05, 3.63) is 0 Å². The number of carbonyl (C=O) groups is 1. The van der Waals surface area contributed by atoms with Gasteiger partial charge in [0.1, 0.15) is 6.29 Å². The summed E-state index contributed by atoms with van der Waals surface area (Å²) in [4.78, 5) is 13.4. The van der Waals surface area contributed by atoms with Crippen LogP contribution < -0.4 is 0 Å². The minimum Gasteiger partial charge on any atom is -0.303 e. The van der Waals surface area contributed by atoms with Gasteiger partial charge in [0.15, 0.2) is 0 Å². The Morgan fingerprint density at radius 2 is 1.69 bits per heavy atom. The SMILES string of the molecule is CCC1(CC)CCN(CC(C)(C)C=O)CC1. The number of aldehydes is 1. The van der Waals surface area contributed by atoms with Crippen molar-refractivity contribution >= 4 is 6.29 Å². The maximum atomic E-state index is 10.9. The maximum absolute atomic E-state index is 10.9. The molecule has 0 aromatic carbocycles. The van der Waals surface area contributed by atoms with E-state index in [-0.39, 0.29) is 5.41 Å². The van der Waals surface area contributed by atoms with E-state index in [1.807, 2.05) is 13.8 Å². The molecular formula is C14H27NO. The van der Waals surface area contributed by atoms with Gasteiger partial charge in [0.25, 0.3) is 0 Å². The molecule has 0 aromatic heterocycles. The van der Waals surface area contributed by atoms with Crippen molar-refractivity contribution in [3.8, 4) is 0 Å². The Morgan fingerprint density at radius 3 is 2.06 bits per heavy atom. The fourth-order valence-electron chi connectivity index (χ4n) is 2.76. The van der Waals surface area contributed by atoms with E-state index in [9.17, 15) is 4.79 Å². The van der Waals surface area contributed by atoms with Crippen molar-refractivity contribution in [2.45, 2.75) is 53.4 Å². The zero-order valence-electron chi connectivity index (χ0n) is 11.4. The van der Waals surface area contributed by atoms with Gasteiger partial charge in [-0.25, -0.2) is 0 Å². The first-order valence-electron chi connectivity index (χ1n) is 6.66. The maximum Gasteiger partial charge on any atom is 0.126 e. The van der Waals surface area contributed by atoms with Crippen LogP contribution in [0.5, 0.6) is 0 Å². The van der Waals surface area contributed by atoms with Gasteiger partial charge in [-0.3, -0.25) is 0 Å². The molecule has 0 radical (unpaired) electrons. The lowest BCUT2D eigenvalue weighted by Crippen LogP contribution is -2.44. The Labute approximate surface area is 100 Å².